The van der Waals surface area contributed by atoms with E-state index in [0.29, 0.717) is 35.3 Å². The number of carbonyl (C=O) groups is 2. The molecule has 0 spiro atoms. The topological polar surface area (TPSA) is 122 Å². The largest absolute Gasteiger partial charge is 0.465 e. The summed E-state index contributed by atoms with van der Waals surface area (Å²) in [4.78, 5) is 33.9. The van der Waals surface area contributed by atoms with Crippen LogP contribution in [0.4, 0.5) is 20.0 Å². The van der Waals surface area contributed by atoms with Gasteiger partial charge in [-0.15, -0.1) is 22.7 Å². The molecular formula is C24H27FN6O4S2Si. The Labute approximate surface area is 227 Å². The molecule has 200 valence electrons. The van der Waals surface area contributed by atoms with Crippen LogP contribution in [0.3, 0.4) is 0 Å². The van der Waals surface area contributed by atoms with Gasteiger partial charge in [0, 0.05) is 49.8 Å². The summed E-state index contributed by atoms with van der Waals surface area (Å²) in [7, 11) is 0.207. The van der Waals surface area contributed by atoms with Crippen molar-refractivity contribution in [2.75, 3.05) is 23.9 Å². The molecule has 0 bridgehead atoms. The molecule has 38 heavy (non-hydrogen) atoms. The zero-order chi connectivity index (χ0) is 27.4. The first kappa shape index (κ1) is 27.6. The van der Waals surface area contributed by atoms with Gasteiger partial charge in [0.05, 0.1) is 17.6 Å². The molecule has 0 saturated heterocycles. The summed E-state index contributed by atoms with van der Waals surface area (Å²) >= 11 is 2.40. The summed E-state index contributed by atoms with van der Waals surface area (Å²) < 4.78 is 21.5. The van der Waals surface area contributed by atoms with Crippen molar-refractivity contribution in [3.63, 3.8) is 0 Å². The number of amides is 2. The Morgan fingerprint density at radius 1 is 1.21 bits per heavy atom. The van der Waals surface area contributed by atoms with Crippen molar-refractivity contribution in [2.24, 2.45) is 0 Å². The minimum Gasteiger partial charge on any atom is -0.465 e. The second-order valence-electron chi connectivity index (χ2n) is 9.66. The third-order valence-electron chi connectivity index (χ3n) is 5.41. The molecule has 0 aliphatic carbocycles. The van der Waals surface area contributed by atoms with Crippen LogP contribution in [0.25, 0.3) is 21.8 Å². The van der Waals surface area contributed by atoms with Crippen molar-refractivity contribution in [1.82, 2.24) is 19.7 Å². The van der Waals surface area contributed by atoms with Gasteiger partial charge in [0.15, 0.2) is 5.13 Å². The Morgan fingerprint density at radius 3 is 2.74 bits per heavy atom. The number of aromatic nitrogens is 4. The van der Waals surface area contributed by atoms with E-state index in [-0.39, 0.29) is 10.8 Å². The van der Waals surface area contributed by atoms with Crippen LogP contribution < -0.4 is 10.2 Å². The second-order valence-corrected chi connectivity index (χ2v) is 17.0. The maximum atomic E-state index is 14.1. The van der Waals surface area contributed by atoms with Crippen LogP contribution in [0.1, 0.15) is 10.5 Å². The maximum absolute atomic E-state index is 14.1. The van der Waals surface area contributed by atoms with Crippen LogP contribution in [0.5, 0.6) is 0 Å². The van der Waals surface area contributed by atoms with E-state index in [1.807, 2.05) is 6.20 Å². The third kappa shape index (κ3) is 6.89. The monoisotopic (exact) mass is 574 g/mol. The van der Waals surface area contributed by atoms with Gasteiger partial charge in [-0.3, -0.25) is 9.69 Å². The molecule has 3 heterocycles. The summed E-state index contributed by atoms with van der Waals surface area (Å²) in [5, 5.41) is 20.4. The number of benzene rings is 1. The summed E-state index contributed by atoms with van der Waals surface area (Å²) in [5.41, 5.74) is 1.95. The maximum Gasteiger partial charge on any atom is 0.413 e. The van der Waals surface area contributed by atoms with Gasteiger partial charge in [-0.25, -0.2) is 23.8 Å². The molecule has 0 saturated carbocycles. The van der Waals surface area contributed by atoms with Gasteiger partial charge in [-0.1, -0.05) is 19.6 Å². The van der Waals surface area contributed by atoms with Crippen molar-refractivity contribution in [1.29, 1.82) is 0 Å². The standard InChI is InChI=1S/C24H27FN6O4S2Si/c1-30(24(33)34)23-29-19(12-37-23)17-9-16(25)5-6-18(17)27-21(32)20-13-36-22(28-20)15-10-26-31(11-15)14-35-7-8-38(2,3)4/h5-6,9-13H,7-8,14H2,1-4H3,(H,27,32)(H,33,34). The van der Waals surface area contributed by atoms with Crippen molar-refractivity contribution in [3.05, 3.63) is 52.9 Å². The number of ether oxygens (including phenoxy) is 1. The molecule has 4 rings (SSSR count). The van der Waals surface area contributed by atoms with Crippen LogP contribution in [-0.4, -0.2) is 58.6 Å². The fraction of sp³-hybridized carbons (Fsp3) is 0.292. The first-order valence-corrected chi connectivity index (χ1v) is 17.1. The molecule has 3 aromatic heterocycles. The fourth-order valence-corrected chi connectivity index (χ4v) is 5.56. The highest BCUT2D eigenvalue weighted by Crippen LogP contribution is 2.33. The van der Waals surface area contributed by atoms with E-state index in [9.17, 15) is 19.1 Å². The van der Waals surface area contributed by atoms with Crippen molar-refractivity contribution in [3.8, 4) is 21.8 Å². The predicted octanol–water partition coefficient (Wildman–Crippen LogP) is 5.95. The van der Waals surface area contributed by atoms with Gasteiger partial charge in [0.2, 0.25) is 0 Å². The molecule has 2 N–H and O–H groups in total. The van der Waals surface area contributed by atoms with E-state index in [1.165, 1.54) is 36.6 Å². The number of hydrogen-bond acceptors (Lipinski definition) is 8. The smallest absolute Gasteiger partial charge is 0.413 e. The molecule has 0 fully saturated rings. The zero-order valence-corrected chi connectivity index (χ0v) is 23.9. The Bertz CT molecular complexity index is 1450. The minimum atomic E-state index is -1.17. The normalized spacial score (nSPS) is 11.5. The fourth-order valence-electron chi connectivity index (χ4n) is 3.24. The van der Waals surface area contributed by atoms with E-state index in [0.717, 1.165) is 27.8 Å². The molecule has 0 radical (unpaired) electrons. The summed E-state index contributed by atoms with van der Waals surface area (Å²) in [6.45, 7) is 7.93. The first-order valence-electron chi connectivity index (χ1n) is 11.6. The average molecular weight is 575 g/mol. The van der Waals surface area contributed by atoms with Gasteiger partial charge in [0.1, 0.15) is 23.2 Å². The van der Waals surface area contributed by atoms with Crippen molar-refractivity contribution in [2.45, 2.75) is 32.4 Å². The second kappa shape index (κ2) is 11.5. The predicted molar refractivity (Wildman–Crippen MR) is 149 cm³/mol. The van der Waals surface area contributed by atoms with E-state index in [4.69, 9.17) is 4.74 Å². The summed E-state index contributed by atoms with van der Waals surface area (Å²) in [5.74, 6) is -0.989. The lowest BCUT2D eigenvalue weighted by molar-refractivity contribution is 0.0786. The van der Waals surface area contributed by atoms with E-state index in [1.54, 1.807) is 21.6 Å². The molecule has 0 unspecified atom stereocenters. The van der Waals surface area contributed by atoms with Gasteiger partial charge < -0.3 is 15.2 Å². The quantitative estimate of drug-likeness (QED) is 0.177. The Balaban J connectivity index is 1.45. The third-order valence-corrected chi connectivity index (χ3v) is 8.92. The zero-order valence-electron chi connectivity index (χ0n) is 21.3. The molecular weight excluding hydrogens is 548 g/mol. The molecule has 14 heteroatoms. The SMILES string of the molecule is CN(C(=O)O)c1nc(-c2cc(F)ccc2NC(=O)c2csc(-c3cnn(COCC[Si](C)(C)C)c3)n2)cs1. The van der Waals surface area contributed by atoms with Crippen LogP contribution in [-0.2, 0) is 11.5 Å². The molecule has 0 aliphatic heterocycles. The number of halogens is 1. The number of carboxylic acid groups (broad SMARTS) is 1. The van der Waals surface area contributed by atoms with Crippen molar-refractivity contribution >= 4 is 53.6 Å². The van der Waals surface area contributed by atoms with Crippen LogP contribution in [0.15, 0.2) is 41.4 Å². The van der Waals surface area contributed by atoms with E-state index < -0.39 is 25.9 Å². The number of hydrogen-bond donors (Lipinski definition) is 2. The van der Waals surface area contributed by atoms with Crippen LogP contribution >= 0.6 is 22.7 Å². The van der Waals surface area contributed by atoms with E-state index in [2.05, 4.69) is 40.0 Å². The molecule has 2 amide bonds. The summed E-state index contributed by atoms with van der Waals surface area (Å²) in [6.07, 6.45) is 2.33. The molecule has 0 atom stereocenters. The highest BCUT2D eigenvalue weighted by molar-refractivity contribution is 7.14. The lowest BCUT2D eigenvalue weighted by atomic mass is 10.1. The number of thiazole rings is 2. The molecule has 1 aromatic carbocycles. The highest BCUT2D eigenvalue weighted by atomic mass is 32.1. The van der Waals surface area contributed by atoms with Crippen molar-refractivity contribution < 1.29 is 23.8 Å². The molecule has 10 nitrogen and oxygen atoms in total. The number of anilines is 2. The van der Waals surface area contributed by atoms with Gasteiger partial charge in [-0.2, -0.15) is 5.10 Å². The van der Waals surface area contributed by atoms with Crippen LogP contribution in [0.2, 0.25) is 25.7 Å². The minimum absolute atomic E-state index is 0.198. The highest BCUT2D eigenvalue weighted by Gasteiger charge is 2.19. The van der Waals surface area contributed by atoms with Gasteiger partial charge in [0.25, 0.3) is 5.91 Å². The molecule has 0 aliphatic rings. The van der Waals surface area contributed by atoms with Gasteiger partial charge in [-0.05, 0) is 24.2 Å². The van der Waals surface area contributed by atoms with Crippen LogP contribution in [0, 0.1) is 5.82 Å². The average Bonchev–Trinajstić information content (AvgIpc) is 3.62. The number of nitrogens with one attached hydrogen (secondary N) is 1. The number of rotatable bonds is 10. The Morgan fingerprint density at radius 2 is 2.00 bits per heavy atom. The molecule has 4 aromatic rings. The van der Waals surface area contributed by atoms with E-state index >= 15 is 0 Å². The lowest BCUT2D eigenvalue weighted by Gasteiger charge is -2.15. The Hall–Kier alpha value is -3.46. The number of carbonyl (C=O) groups excluding carboxylic acids is 1. The number of nitrogens with zero attached hydrogens (tertiary/aromatic N) is 5. The lowest BCUT2D eigenvalue weighted by Crippen LogP contribution is -2.23. The first-order chi connectivity index (χ1) is 18.0. The Kier molecular flexibility index (Phi) is 8.35. The van der Waals surface area contributed by atoms with Gasteiger partial charge >= 0.3 is 6.09 Å². The summed E-state index contributed by atoms with van der Waals surface area (Å²) in [6, 6.07) is 4.97.